The largest absolute Gasteiger partial charge is 0.534 e. The fraction of sp³-hybridized carbons (Fsp3) is 0.571. The van der Waals surface area contributed by atoms with Gasteiger partial charge in [-0.05, 0) is 25.1 Å². The zero-order chi connectivity index (χ0) is 18.0. The van der Waals surface area contributed by atoms with Crippen LogP contribution in [-0.4, -0.2) is 51.5 Å². The number of rotatable bonds is 5. The van der Waals surface area contributed by atoms with Crippen molar-refractivity contribution < 1.29 is 25.8 Å². The molecule has 1 aliphatic rings. The molecule has 1 aliphatic heterocycles. The summed E-state index contributed by atoms with van der Waals surface area (Å²) in [4.78, 5) is 4.18. The second-order valence-electron chi connectivity index (χ2n) is 5.40. The number of hydrogen-bond acceptors (Lipinski definition) is 5. The molecule has 0 amide bonds. The Bertz CT molecular complexity index is 674. The topological polar surface area (TPSA) is 49.9 Å². The van der Waals surface area contributed by atoms with E-state index in [0.29, 0.717) is 18.8 Å². The minimum absolute atomic E-state index is 0.144. The Balaban J connectivity index is 2.17. The summed E-state index contributed by atoms with van der Waals surface area (Å²) in [5.74, 6) is -0.525. The van der Waals surface area contributed by atoms with Crippen molar-refractivity contribution in [2.45, 2.75) is 18.9 Å². The van der Waals surface area contributed by atoms with Gasteiger partial charge in [0.2, 0.25) is 0 Å². The average molecular weight is 387 g/mol. The Morgan fingerprint density at radius 1 is 1.21 bits per heavy atom. The van der Waals surface area contributed by atoms with Crippen LogP contribution in [0.2, 0.25) is 5.02 Å². The lowest BCUT2D eigenvalue weighted by Crippen LogP contribution is -2.46. The molecule has 136 valence electrons. The summed E-state index contributed by atoms with van der Waals surface area (Å²) in [6.45, 7) is 5.97. The molecule has 0 bridgehead atoms. The van der Waals surface area contributed by atoms with Crippen LogP contribution in [0.15, 0.2) is 18.2 Å². The average Bonchev–Trinajstić information content (AvgIpc) is 2.49. The minimum atomic E-state index is -5.75. The summed E-state index contributed by atoms with van der Waals surface area (Å²) in [6, 6.07) is 4.15. The normalized spacial score (nSPS) is 17.1. The van der Waals surface area contributed by atoms with Crippen molar-refractivity contribution in [1.29, 1.82) is 0 Å². The van der Waals surface area contributed by atoms with Gasteiger partial charge >= 0.3 is 15.6 Å². The SMILES string of the molecule is CCCN1CCN(c2cccc(OS(=O)(=O)C(F)(F)F)c2Cl)CC1. The van der Waals surface area contributed by atoms with E-state index in [2.05, 4.69) is 16.0 Å². The van der Waals surface area contributed by atoms with Gasteiger partial charge < -0.3 is 9.08 Å². The van der Waals surface area contributed by atoms with E-state index in [-0.39, 0.29) is 5.02 Å². The first-order chi connectivity index (χ1) is 11.2. The number of benzene rings is 1. The van der Waals surface area contributed by atoms with E-state index in [1.54, 1.807) is 6.07 Å². The number of alkyl halides is 3. The predicted octanol–water partition coefficient (Wildman–Crippen LogP) is 3.10. The fourth-order valence-electron chi connectivity index (χ4n) is 2.50. The van der Waals surface area contributed by atoms with Crippen molar-refractivity contribution >= 4 is 27.4 Å². The van der Waals surface area contributed by atoms with Crippen molar-refractivity contribution in [2.75, 3.05) is 37.6 Å². The minimum Gasteiger partial charge on any atom is -0.374 e. The Morgan fingerprint density at radius 2 is 1.83 bits per heavy atom. The molecular formula is C14H18ClF3N2O3S. The van der Waals surface area contributed by atoms with Crippen LogP contribution >= 0.6 is 11.6 Å². The maximum atomic E-state index is 12.4. The quantitative estimate of drug-likeness (QED) is 0.575. The first-order valence-corrected chi connectivity index (χ1v) is 9.21. The van der Waals surface area contributed by atoms with Crippen LogP contribution in [0.5, 0.6) is 5.75 Å². The second-order valence-corrected chi connectivity index (χ2v) is 7.32. The van der Waals surface area contributed by atoms with Gasteiger partial charge in [-0.3, -0.25) is 4.90 Å². The zero-order valence-corrected chi connectivity index (χ0v) is 14.6. The van der Waals surface area contributed by atoms with Gasteiger partial charge in [0.15, 0.2) is 5.75 Å². The molecule has 2 rings (SSSR count). The summed E-state index contributed by atoms with van der Waals surface area (Å²) < 4.78 is 63.8. The number of anilines is 1. The van der Waals surface area contributed by atoms with E-state index in [4.69, 9.17) is 11.6 Å². The standard InChI is InChI=1S/C14H18ClF3N2O3S/c1-2-6-19-7-9-20(10-8-19)11-4-3-5-12(13(11)15)23-24(21,22)14(16,17)18/h3-5H,2,6-10H2,1H3. The third-order valence-corrected chi connectivity index (χ3v) is 5.02. The molecule has 0 N–H and O–H groups in total. The first-order valence-electron chi connectivity index (χ1n) is 7.42. The lowest BCUT2D eigenvalue weighted by molar-refractivity contribution is -0.0500. The molecule has 0 aliphatic carbocycles. The first kappa shape index (κ1) is 19.1. The second kappa shape index (κ2) is 7.37. The maximum Gasteiger partial charge on any atom is 0.534 e. The molecule has 10 heteroatoms. The van der Waals surface area contributed by atoms with Gasteiger partial charge in [0, 0.05) is 26.2 Å². The summed E-state index contributed by atoms with van der Waals surface area (Å²) in [6.07, 6.45) is 1.04. The Kier molecular flexibility index (Phi) is 5.87. The van der Waals surface area contributed by atoms with Crippen molar-refractivity contribution in [3.8, 4) is 5.75 Å². The zero-order valence-electron chi connectivity index (χ0n) is 13.0. The molecular weight excluding hydrogens is 369 g/mol. The lowest BCUT2D eigenvalue weighted by Gasteiger charge is -2.36. The number of halogens is 4. The van der Waals surface area contributed by atoms with E-state index in [1.165, 1.54) is 6.07 Å². The van der Waals surface area contributed by atoms with Gasteiger partial charge in [-0.2, -0.15) is 21.6 Å². The summed E-state index contributed by atoms with van der Waals surface area (Å²) >= 11 is 6.08. The van der Waals surface area contributed by atoms with Crippen molar-refractivity contribution in [3.63, 3.8) is 0 Å². The molecule has 1 saturated heterocycles. The van der Waals surface area contributed by atoms with Crippen LogP contribution in [0.4, 0.5) is 18.9 Å². The summed E-state index contributed by atoms with van der Waals surface area (Å²) in [5.41, 5.74) is -5.04. The molecule has 0 unspecified atom stereocenters. The molecule has 1 heterocycles. The number of hydrogen-bond donors (Lipinski definition) is 0. The monoisotopic (exact) mass is 386 g/mol. The van der Waals surface area contributed by atoms with Crippen LogP contribution in [0.25, 0.3) is 0 Å². The van der Waals surface area contributed by atoms with Gasteiger partial charge in [0.25, 0.3) is 0 Å². The predicted molar refractivity (Wildman–Crippen MR) is 86.0 cm³/mol. The number of piperazine rings is 1. The van der Waals surface area contributed by atoms with Crippen molar-refractivity contribution in [2.24, 2.45) is 0 Å². The molecule has 24 heavy (non-hydrogen) atoms. The molecule has 5 nitrogen and oxygen atoms in total. The fourth-order valence-corrected chi connectivity index (χ4v) is 3.30. The van der Waals surface area contributed by atoms with E-state index in [0.717, 1.165) is 32.1 Å². The molecule has 0 atom stereocenters. The maximum absolute atomic E-state index is 12.4. The Morgan fingerprint density at radius 3 is 2.38 bits per heavy atom. The third-order valence-electron chi connectivity index (χ3n) is 3.68. The Labute approximate surface area is 144 Å². The molecule has 0 saturated carbocycles. The van der Waals surface area contributed by atoms with Gasteiger partial charge in [-0.25, -0.2) is 0 Å². The van der Waals surface area contributed by atoms with E-state index < -0.39 is 21.4 Å². The van der Waals surface area contributed by atoms with E-state index in [9.17, 15) is 21.6 Å². The molecule has 0 radical (unpaired) electrons. The van der Waals surface area contributed by atoms with Crippen LogP contribution in [-0.2, 0) is 10.1 Å². The van der Waals surface area contributed by atoms with Crippen LogP contribution in [0.3, 0.4) is 0 Å². The third kappa shape index (κ3) is 4.25. The van der Waals surface area contributed by atoms with Crippen LogP contribution in [0.1, 0.15) is 13.3 Å². The molecule has 0 aromatic heterocycles. The highest BCUT2D eigenvalue weighted by atomic mass is 35.5. The van der Waals surface area contributed by atoms with Crippen LogP contribution < -0.4 is 9.08 Å². The summed E-state index contributed by atoms with van der Waals surface area (Å²) in [7, 11) is -5.75. The van der Waals surface area contributed by atoms with Crippen molar-refractivity contribution in [1.82, 2.24) is 4.90 Å². The smallest absolute Gasteiger partial charge is 0.374 e. The summed E-state index contributed by atoms with van der Waals surface area (Å²) in [5, 5.41) is -0.144. The molecule has 1 fully saturated rings. The number of nitrogens with zero attached hydrogens (tertiary/aromatic N) is 2. The Hall–Kier alpha value is -1.19. The van der Waals surface area contributed by atoms with Crippen LogP contribution in [0, 0.1) is 0 Å². The van der Waals surface area contributed by atoms with Gasteiger partial charge in [0.05, 0.1) is 5.69 Å². The molecule has 1 aromatic carbocycles. The molecule has 0 spiro atoms. The van der Waals surface area contributed by atoms with Crippen molar-refractivity contribution in [3.05, 3.63) is 23.2 Å². The highest BCUT2D eigenvalue weighted by Gasteiger charge is 2.48. The van der Waals surface area contributed by atoms with Gasteiger partial charge in [0.1, 0.15) is 5.02 Å². The van der Waals surface area contributed by atoms with E-state index >= 15 is 0 Å². The van der Waals surface area contributed by atoms with E-state index in [1.807, 2.05) is 4.90 Å². The highest BCUT2D eigenvalue weighted by Crippen LogP contribution is 2.37. The van der Waals surface area contributed by atoms with Gasteiger partial charge in [-0.15, -0.1) is 0 Å². The highest BCUT2D eigenvalue weighted by molar-refractivity contribution is 7.88. The van der Waals surface area contributed by atoms with Gasteiger partial charge in [-0.1, -0.05) is 24.6 Å². The molecule has 1 aromatic rings. The lowest BCUT2D eigenvalue weighted by atomic mass is 10.2.